The monoisotopic (exact) mass is 2140 g/mol. The van der Waals surface area contributed by atoms with Crippen molar-refractivity contribution in [3.05, 3.63) is 114 Å². The van der Waals surface area contributed by atoms with Gasteiger partial charge in [0.05, 0.1) is 47.5 Å². The molecule has 3 aliphatic carbocycles. The van der Waals surface area contributed by atoms with Crippen molar-refractivity contribution in [2.24, 2.45) is 0 Å². The van der Waals surface area contributed by atoms with Gasteiger partial charge in [-0.15, -0.1) is 45.3 Å². The van der Waals surface area contributed by atoms with Gasteiger partial charge in [0.15, 0.2) is 20.0 Å². The van der Waals surface area contributed by atoms with Gasteiger partial charge in [-0.2, -0.15) is 13.2 Å². The van der Waals surface area contributed by atoms with Crippen LogP contribution < -0.4 is 42.5 Å². The number of pyridine rings is 4. The zero-order valence-corrected chi connectivity index (χ0v) is 87.6. The molecule has 0 aromatic carbocycles. The number of rotatable bonds is 28. The largest absolute Gasteiger partial charge is 0.419 e. The van der Waals surface area contributed by atoms with Crippen molar-refractivity contribution in [2.45, 2.75) is 301 Å². The van der Waals surface area contributed by atoms with E-state index in [0.29, 0.717) is 99.5 Å². The minimum Gasteiger partial charge on any atom is -0.389 e. The normalized spacial score (nSPS) is 19.7. The van der Waals surface area contributed by atoms with Crippen molar-refractivity contribution < 1.29 is 111 Å². The number of aryl methyl sites for hydroxylation is 3. The van der Waals surface area contributed by atoms with Gasteiger partial charge in [-0.05, 0) is 209 Å². The number of likely N-dealkylation sites (tertiary alicyclic amines) is 4. The topological polar surface area (TPSA) is 430 Å². The molecule has 8 aromatic heterocycles. The van der Waals surface area contributed by atoms with Crippen LogP contribution in [-0.2, 0) is 6.18 Å². The summed E-state index contributed by atoms with van der Waals surface area (Å²) < 4.78 is 166. The van der Waals surface area contributed by atoms with Crippen molar-refractivity contribution in [3.63, 3.8) is 0 Å². The number of piperidine rings is 4. The first-order valence-electron chi connectivity index (χ1n) is 48.9. The van der Waals surface area contributed by atoms with Gasteiger partial charge in [0.1, 0.15) is 76.4 Å². The molecular formula is C99H128F12N20O12S4. The number of carbonyl (C=O) groups is 8. The first kappa shape index (κ1) is 115. The summed E-state index contributed by atoms with van der Waals surface area (Å²) in [5.74, 6) is -8.48. The number of aromatic nitrogens is 8. The van der Waals surface area contributed by atoms with Crippen LogP contribution in [0.4, 0.5) is 76.0 Å². The fourth-order valence-corrected chi connectivity index (χ4v) is 21.3. The minimum atomic E-state index is -4.92. The maximum absolute atomic E-state index is 14.1. The molecule has 12 N–H and O–H groups in total. The van der Waals surface area contributed by atoms with Gasteiger partial charge in [0.25, 0.3) is 47.3 Å². The third-order valence-corrected chi connectivity index (χ3v) is 29.4. The molecule has 12 heterocycles. The summed E-state index contributed by atoms with van der Waals surface area (Å²) in [5.41, 5.74) is -2.61. The molecule has 7 aliphatic rings. The van der Waals surface area contributed by atoms with Crippen LogP contribution in [0.2, 0.25) is 0 Å². The number of amides is 8. The Morgan fingerprint density at radius 1 is 0.401 bits per heavy atom. The van der Waals surface area contributed by atoms with Crippen molar-refractivity contribution >= 4 is 116 Å². The smallest absolute Gasteiger partial charge is 0.389 e. The number of carbonyl (C=O) groups excluding carboxylic acids is 8. The molecule has 2 atom stereocenters. The highest BCUT2D eigenvalue weighted by Crippen LogP contribution is 2.46. The standard InChI is InChI=1S/C26H31F6N5O3S.C25H32F3N5O3S.C25H33F2N5O3S.C23H32FN5O3S/c1-24(2,40)13-34-21(38)22-36-18(23(39)37-8-5-15(27)6-9-37)19(41-22)14-10-17(26(30,31)32)20(33-12-14)35-16-4-3-7-25(28,29)11-16;1-14-10-18(31-16-4-7-25(27,28)11-16)29-12-17(14)20-19(23(35)33-8-5-15(26)6-9-33)32-22(37-20)21(34)30-13-24(2,3)36;1-14-9-18(30-16-10-25(4,27)11-16)28-12-17(14)20-19(23(34)32-7-5-15(26)6-8-32)31-22(36-20)21(33)29-13-24(2,3)35;1-13(2)27-17-10-14(3)16(11-25-17)19-18(22(31)29-8-6-15(24)7-9-29)28-21(33-19)20(30)26-12-23(4,5)32/h10,12,15-16,40H,3-9,11,13H2,1-2H3,(H,33,35)(H,34,38);10,12,15-16,36H,4-9,11,13H2,1-3H3,(H,29,31)(H,30,34);9,12,15-16,35H,5-8,10-11,13H2,1-4H3,(H,28,30)(H,29,33);10-11,13,15,32H,6-9,12H2,1-5H3,(H,25,27)(H,26,30). The molecule has 3 saturated carbocycles. The van der Waals surface area contributed by atoms with Crippen LogP contribution in [0.3, 0.4) is 0 Å². The Morgan fingerprint density at radius 3 is 1.00 bits per heavy atom. The Bertz CT molecular complexity index is 6000. The highest BCUT2D eigenvalue weighted by Gasteiger charge is 2.45. The van der Waals surface area contributed by atoms with Gasteiger partial charge >= 0.3 is 6.18 Å². The summed E-state index contributed by atoms with van der Waals surface area (Å²) in [6.07, 6.45) is -0.879. The Balaban J connectivity index is 0.000000175. The molecule has 804 valence electrons. The maximum Gasteiger partial charge on any atom is 0.419 e. The number of alkyl halides is 12. The van der Waals surface area contributed by atoms with E-state index >= 15 is 0 Å². The number of halogens is 12. The summed E-state index contributed by atoms with van der Waals surface area (Å²) in [6.45, 7) is 25.3. The predicted octanol–water partition coefficient (Wildman–Crippen LogP) is 16.8. The molecular weight excluding hydrogens is 2020 g/mol. The molecule has 147 heavy (non-hydrogen) atoms. The van der Waals surface area contributed by atoms with E-state index in [9.17, 15) is 111 Å². The predicted molar refractivity (Wildman–Crippen MR) is 537 cm³/mol. The third kappa shape index (κ3) is 32.3. The fraction of sp³-hybridized carbons (Fsp3) is 0.596. The summed E-state index contributed by atoms with van der Waals surface area (Å²) in [5, 5.41) is 62.2. The summed E-state index contributed by atoms with van der Waals surface area (Å²) in [7, 11) is 0. The average Bonchev–Trinajstić information content (AvgIpc) is 1.66. The average molecular weight is 2150 g/mol. The lowest BCUT2D eigenvalue weighted by atomic mass is 9.79. The SMILES string of the molecule is CC(C)(O)CNC(=O)c1nc(C(=O)N2CCC(F)CC2)c(-c2cnc(NC3CCCC(F)(F)C3)c(C(F)(F)F)c2)s1.Cc1cc(NC(C)C)ncc1-c1sc(C(=O)NCC(C)(C)O)nc1C(=O)N1CCC(F)CC1.Cc1cc(NC2CC(C)(F)C2)ncc1-c1sc(C(=O)NCC(C)(C)O)nc1C(=O)N1CCC(F)CC1.Cc1cc(NC2CCC(F)(F)C2)ncc1-c1sc(C(=O)NCC(C)(C)O)nc1C(=O)N1CCC(F)CC1. The van der Waals surface area contributed by atoms with E-state index in [1.807, 2.05) is 46.8 Å². The van der Waals surface area contributed by atoms with Crippen molar-refractivity contribution in [1.82, 2.24) is 80.7 Å². The Labute approximate surface area is 859 Å². The number of thiazole rings is 4. The van der Waals surface area contributed by atoms with Gasteiger partial charge in [0, 0.05) is 188 Å². The van der Waals surface area contributed by atoms with E-state index in [1.54, 1.807) is 82.9 Å². The highest BCUT2D eigenvalue weighted by molar-refractivity contribution is 7.18. The molecule has 8 aromatic rings. The van der Waals surface area contributed by atoms with E-state index in [-0.39, 0.29) is 219 Å². The Hall–Kier alpha value is -10.9. The Kier molecular flexibility index (Phi) is 37.1. The molecule has 2 unspecified atom stereocenters. The van der Waals surface area contributed by atoms with Crippen LogP contribution in [0, 0.1) is 20.8 Å². The second-order valence-corrected chi connectivity index (χ2v) is 45.6. The molecule has 15 rings (SSSR count). The van der Waals surface area contributed by atoms with Crippen LogP contribution in [0.15, 0.2) is 49.1 Å². The number of hydrogen-bond acceptors (Lipinski definition) is 28. The lowest BCUT2D eigenvalue weighted by Crippen LogP contribution is -2.45. The molecule has 7 fully saturated rings. The van der Waals surface area contributed by atoms with Gasteiger partial charge in [-0.1, -0.05) is 0 Å². The zero-order chi connectivity index (χ0) is 108. The summed E-state index contributed by atoms with van der Waals surface area (Å²) in [6, 6.07) is 5.14. The lowest BCUT2D eigenvalue weighted by molar-refractivity contribution is -0.137. The molecule has 0 spiro atoms. The second kappa shape index (κ2) is 47.5. The fourth-order valence-electron chi connectivity index (χ4n) is 17.2. The number of nitrogens with one attached hydrogen (secondary N) is 8. The zero-order valence-electron chi connectivity index (χ0n) is 84.3. The minimum absolute atomic E-state index is 0.00476. The van der Waals surface area contributed by atoms with Gasteiger partial charge in [-0.25, -0.2) is 79.4 Å². The van der Waals surface area contributed by atoms with Crippen molar-refractivity contribution in [2.75, 3.05) is 99.8 Å². The van der Waals surface area contributed by atoms with E-state index < -0.39 is 130 Å². The van der Waals surface area contributed by atoms with E-state index in [0.717, 1.165) is 68.8 Å². The van der Waals surface area contributed by atoms with Crippen molar-refractivity contribution in [1.29, 1.82) is 0 Å². The molecule has 32 nitrogen and oxygen atoms in total. The van der Waals surface area contributed by atoms with Crippen LogP contribution in [0.5, 0.6) is 0 Å². The first-order chi connectivity index (χ1) is 68.6. The maximum atomic E-state index is 14.1. The number of aliphatic hydroxyl groups is 4. The van der Waals surface area contributed by atoms with E-state index in [2.05, 4.69) is 82.4 Å². The Morgan fingerprint density at radius 2 is 0.701 bits per heavy atom. The molecule has 8 amide bonds. The van der Waals surface area contributed by atoms with E-state index in [4.69, 9.17) is 0 Å². The number of hydrogen-bond donors (Lipinski definition) is 12. The quantitative estimate of drug-likeness (QED) is 0.0203. The van der Waals surface area contributed by atoms with Gasteiger partial charge in [-0.3, -0.25) is 38.4 Å². The van der Waals surface area contributed by atoms with Gasteiger partial charge < -0.3 is 82.6 Å². The van der Waals surface area contributed by atoms with Crippen molar-refractivity contribution in [3.8, 4) is 41.8 Å². The number of nitrogens with zero attached hydrogens (tertiary/aromatic N) is 12. The molecule has 48 heteroatoms. The second-order valence-electron chi connectivity index (χ2n) is 41.6. The van der Waals surface area contributed by atoms with E-state index in [1.165, 1.54) is 23.6 Å². The molecule has 4 saturated heterocycles. The lowest BCUT2D eigenvalue weighted by Gasteiger charge is -2.39. The first-order valence-corrected chi connectivity index (χ1v) is 52.1. The molecule has 0 bridgehead atoms. The highest BCUT2D eigenvalue weighted by atomic mass is 32.1. The molecule has 4 aliphatic heterocycles. The third-order valence-electron chi connectivity index (χ3n) is 25.1. The molecule has 0 radical (unpaired) electrons. The van der Waals surface area contributed by atoms with Crippen LogP contribution in [-0.4, -0.2) is 294 Å². The van der Waals surface area contributed by atoms with Crippen LogP contribution >= 0.6 is 45.3 Å². The van der Waals surface area contributed by atoms with Gasteiger partial charge in [0.2, 0.25) is 11.8 Å². The van der Waals surface area contributed by atoms with Crippen LogP contribution in [0.1, 0.15) is 289 Å². The van der Waals surface area contributed by atoms with Crippen LogP contribution in [0.25, 0.3) is 41.8 Å². The summed E-state index contributed by atoms with van der Waals surface area (Å²) >= 11 is 3.89. The number of anilines is 4. The summed E-state index contributed by atoms with van der Waals surface area (Å²) in [4.78, 5) is 146.